The monoisotopic (exact) mass is 288 g/mol. The van der Waals surface area contributed by atoms with E-state index >= 15 is 0 Å². The fourth-order valence-corrected chi connectivity index (χ4v) is 3.31. The van der Waals surface area contributed by atoms with E-state index in [1.54, 1.807) is 0 Å². The van der Waals surface area contributed by atoms with E-state index in [1.807, 2.05) is 0 Å². The Labute approximate surface area is 123 Å². The quantitative estimate of drug-likeness (QED) is 0.817. The summed E-state index contributed by atoms with van der Waals surface area (Å²) in [4.78, 5) is 11.9. The molecular weight excluding hydrogens is 260 g/mol. The Kier molecular flexibility index (Phi) is 7.77. The van der Waals surface area contributed by atoms with Gasteiger partial charge in [0.05, 0.1) is 0 Å². The van der Waals surface area contributed by atoms with Gasteiger partial charge in [-0.1, -0.05) is 13.3 Å². The second kappa shape index (κ2) is 8.80. The van der Waals surface area contributed by atoms with Crippen LogP contribution < -0.4 is 10.6 Å². The SMILES string of the molecule is CCC1CCC(NC(=O)CCC2CCNC2)CC1.Cl. The van der Waals surface area contributed by atoms with Gasteiger partial charge < -0.3 is 10.6 Å². The van der Waals surface area contributed by atoms with E-state index in [1.165, 1.54) is 38.5 Å². The minimum absolute atomic E-state index is 0. The molecular formula is C15H29ClN2O. The third kappa shape index (κ3) is 5.70. The van der Waals surface area contributed by atoms with Gasteiger partial charge >= 0.3 is 0 Å². The van der Waals surface area contributed by atoms with Crippen LogP contribution in [0, 0.1) is 11.8 Å². The van der Waals surface area contributed by atoms with Gasteiger partial charge in [-0.05, 0) is 63.5 Å². The summed E-state index contributed by atoms with van der Waals surface area (Å²) in [5, 5.41) is 6.59. The maximum atomic E-state index is 11.9. The molecule has 1 heterocycles. The Morgan fingerprint density at radius 1 is 1.16 bits per heavy atom. The van der Waals surface area contributed by atoms with Gasteiger partial charge in [0, 0.05) is 12.5 Å². The highest BCUT2D eigenvalue weighted by molar-refractivity contribution is 5.85. The first-order valence-corrected chi connectivity index (χ1v) is 7.78. The Hall–Kier alpha value is -0.280. The molecule has 2 fully saturated rings. The topological polar surface area (TPSA) is 41.1 Å². The van der Waals surface area contributed by atoms with E-state index in [-0.39, 0.29) is 18.3 Å². The lowest BCUT2D eigenvalue weighted by Gasteiger charge is -2.28. The number of hydrogen-bond acceptors (Lipinski definition) is 2. The molecule has 2 N–H and O–H groups in total. The van der Waals surface area contributed by atoms with Crippen LogP contribution in [0.25, 0.3) is 0 Å². The second-order valence-corrected chi connectivity index (χ2v) is 6.09. The summed E-state index contributed by atoms with van der Waals surface area (Å²) in [6.45, 7) is 4.52. The van der Waals surface area contributed by atoms with Gasteiger partial charge in [0.25, 0.3) is 0 Å². The van der Waals surface area contributed by atoms with E-state index < -0.39 is 0 Å². The summed E-state index contributed by atoms with van der Waals surface area (Å²) < 4.78 is 0. The number of carbonyl (C=O) groups excluding carboxylic acids is 1. The molecule has 0 aromatic rings. The molecule has 0 aromatic heterocycles. The minimum Gasteiger partial charge on any atom is -0.353 e. The van der Waals surface area contributed by atoms with E-state index in [9.17, 15) is 4.79 Å². The van der Waals surface area contributed by atoms with Gasteiger partial charge in [0.15, 0.2) is 0 Å². The molecule has 2 aliphatic rings. The fraction of sp³-hybridized carbons (Fsp3) is 0.933. The average Bonchev–Trinajstić information content (AvgIpc) is 2.90. The maximum Gasteiger partial charge on any atom is 0.220 e. The zero-order valence-electron chi connectivity index (χ0n) is 12.1. The predicted octanol–water partition coefficient (Wildman–Crippen LogP) is 2.88. The molecule has 0 aromatic carbocycles. The van der Waals surface area contributed by atoms with Gasteiger partial charge in [0.2, 0.25) is 5.91 Å². The molecule has 3 nitrogen and oxygen atoms in total. The van der Waals surface area contributed by atoms with Crippen LogP contribution in [0.15, 0.2) is 0 Å². The van der Waals surface area contributed by atoms with Crippen LogP contribution in [-0.2, 0) is 4.79 Å². The van der Waals surface area contributed by atoms with Gasteiger partial charge in [-0.3, -0.25) is 4.79 Å². The summed E-state index contributed by atoms with van der Waals surface area (Å²) in [7, 11) is 0. The third-order valence-corrected chi connectivity index (χ3v) is 4.73. The first-order chi connectivity index (χ1) is 8.78. The maximum absolute atomic E-state index is 11.9. The molecule has 1 aliphatic carbocycles. The highest BCUT2D eigenvalue weighted by Gasteiger charge is 2.22. The normalized spacial score (nSPS) is 30.7. The van der Waals surface area contributed by atoms with Crippen LogP contribution in [0.5, 0.6) is 0 Å². The summed E-state index contributed by atoms with van der Waals surface area (Å²) in [5.41, 5.74) is 0. The predicted molar refractivity (Wildman–Crippen MR) is 81.6 cm³/mol. The summed E-state index contributed by atoms with van der Waals surface area (Å²) in [6.07, 6.45) is 9.31. The van der Waals surface area contributed by atoms with Crippen molar-refractivity contribution in [1.29, 1.82) is 0 Å². The molecule has 0 radical (unpaired) electrons. The molecule has 19 heavy (non-hydrogen) atoms. The Morgan fingerprint density at radius 3 is 2.47 bits per heavy atom. The van der Waals surface area contributed by atoms with Crippen molar-refractivity contribution in [2.75, 3.05) is 13.1 Å². The molecule has 0 bridgehead atoms. The lowest BCUT2D eigenvalue weighted by Crippen LogP contribution is -2.37. The van der Waals surface area contributed by atoms with Crippen molar-refractivity contribution in [3.05, 3.63) is 0 Å². The van der Waals surface area contributed by atoms with Crippen molar-refractivity contribution in [2.45, 2.75) is 64.3 Å². The van der Waals surface area contributed by atoms with Crippen molar-refractivity contribution in [3.63, 3.8) is 0 Å². The largest absolute Gasteiger partial charge is 0.353 e. The highest BCUT2D eigenvalue weighted by Crippen LogP contribution is 2.26. The molecule has 1 amide bonds. The Bertz CT molecular complexity index is 259. The van der Waals surface area contributed by atoms with Crippen molar-refractivity contribution in [2.24, 2.45) is 11.8 Å². The lowest BCUT2D eigenvalue weighted by atomic mass is 9.84. The van der Waals surface area contributed by atoms with Crippen LogP contribution in [0.3, 0.4) is 0 Å². The van der Waals surface area contributed by atoms with E-state index in [0.29, 0.717) is 6.04 Å². The first-order valence-electron chi connectivity index (χ1n) is 7.78. The van der Waals surface area contributed by atoms with Gasteiger partial charge in [-0.25, -0.2) is 0 Å². The number of halogens is 1. The lowest BCUT2D eigenvalue weighted by molar-refractivity contribution is -0.122. The van der Waals surface area contributed by atoms with Crippen LogP contribution in [0.2, 0.25) is 0 Å². The number of hydrogen-bond donors (Lipinski definition) is 2. The van der Waals surface area contributed by atoms with E-state index in [4.69, 9.17) is 0 Å². The Morgan fingerprint density at radius 2 is 1.89 bits per heavy atom. The average molecular weight is 289 g/mol. The Balaban J connectivity index is 0.00000180. The van der Waals surface area contributed by atoms with Gasteiger partial charge in [-0.15, -0.1) is 12.4 Å². The molecule has 2 rings (SSSR count). The van der Waals surface area contributed by atoms with E-state index in [2.05, 4.69) is 17.6 Å². The van der Waals surface area contributed by atoms with Crippen LogP contribution in [0.4, 0.5) is 0 Å². The number of nitrogens with one attached hydrogen (secondary N) is 2. The highest BCUT2D eigenvalue weighted by atomic mass is 35.5. The van der Waals surface area contributed by atoms with Crippen molar-refractivity contribution >= 4 is 18.3 Å². The van der Waals surface area contributed by atoms with Crippen LogP contribution in [-0.4, -0.2) is 25.0 Å². The van der Waals surface area contributed by atoms with Gasteiger partial charge in [0.1, 0.15) is 0 Å². The smallest absolute Gasteiger partial charge is 0.220 e. The number of rotatable bonds is 5. The molecule has 112 valence electrons. The molecule has 1 unspecified atom stereocenters. The standard InChI is InChI=1S/C15H28N2O.ClH/c1-2-12-3-6-14(7-4-12)17-15(18)8-5-13-9-10-16-11-13;/h12-14,16H,2-11H2,1H3,(H,17,18);1H. The minimum atomic E-state index is 0. The molecule has 1 atom stereocenters. The molecule has 0 spiro atoms. The van der Waals surface area contributed by atoms with E-state index in [0.717, 1.165) is 37.8 Å². The zero-order chi connectivity index (χ0) is 12.8. The molecule has 1 saturated carbocycles. The molecule has 4 heteroatoms. The summed E-state index contributed by atoms with van der Waals surface area (Å²) in [6, 6.07) is 0.460. The first kappa shape index (κ1) is 16.8. The van der Waals surface area contributed by atoms with Gasteiger partial charge in [-0.2, -0.15) is 0 Å². The van der Waals surface area contributed by atoms with Crippen LogP contribution in [0.1, 0.15) is 58.3 Å². The fourth-order valence-electron chi connectivity index (χ4n) is 3.31. The summed E-state index contributed by atoms with van der Waals surface area (Å²) in [5.74, 6) is 1.91. The summed E-state index contributed by atoms with van der Waals surface area (Å²) >= 11 is 0. The third-order valence-electron chi connectivity index (χ3n) is 4.73. The van der Waals surface area contributed by atoms with Crippen molar-refractivity contribution in [3.8, 4) is 0 Å². The molecule has 1 aliphatic heterocycles. The molecule has 1 saturated heterocycles. The second-order valence-electron chi connectivity index (χ2n) is 6.09. The number of carbonyl (C=O) groups is 1. The zero-order valence-corrected chi connectivity index (χ0v) is 12.9. The van der Waals surface area contributed by atoms with Crippen LogP contribution >= 0.6 is 12.4 Å². The van der Waals surface area contributed by atoms with Crippen molar-refractivity contribution in [1.82, 2.24) is 10.6 Å². The van der Waals surface area contributed by atoms with Crippen molar-refractivity contribution < 1.29 is 4.79 Å². The number of amides is 1.